The SMILES string of the molecule is O=C(O)/C=C/c1ccc(Sc2ccccc2Br)c([N+](=O)[O-])c1. The first kappa shape index (κ1) is 16.3. The van der Waals surface area contributed by atoms with Crippen LogP contribution in [0.25, 0.3) is 6.08 Å². The van der Waals surface area contributed by atoms with E-state index in [0.29, 0.717) is 10.5 Å². The Morgan fingerprint density at radius 3 is 2.59 bits per heavy atom. The third-order valence-electron chi connectivity index (χ3n) is 2.65. The van der Waals surface area contributed by atoms with Crippen LogP contribution in [0.5, 0.6) is 0 Å². The summed E-state index contributed by atoms with van der Waals surface area (Å²) in [6.07, 6.45) is 2.27. The first-order valence-electron chi connectivity index (χ1n) is 6.09. The van der Waals surface area contributed by atoms with E-state index in [9.17, 15) is 14.9 Å². The highest BCUT2D eigenvalue weighted by molar-refractivity contribution is 9.10. The summed E-state index contributed by atoms with van der Waals surface area (Å²) in [5.41, 5.74) is 0.402. The lowest BCUT2D eigenvalue weighted by Gasteiger charge is -2.05. The van der Waals surface area contributed by atoms with Crippen molar-refractivity contribution in [1.82, 2.24) is 0 Å². The zero-order valence-electron chi connectivity index (χ0n) is 11.1. The van der Waals surface area contributed by atoms with Gasteiger partial charge >= 0.3 is 5.97 Å². The van der Waals surface area contributed by atoms with Gasteiger partial charge in [0.05, 0.1) is 9.82 Å². The molecule has 0 unspecified atom stereocenters. The molecule has 0 amide bonds. The lowest BCUT2D eigenvalue weighted by atomic mass is 10.2. The number of nitrogens with zero attached hydrogens (tertiary/aromatic N) is 1. The topological polar surface area (TPSA) is 80.4 Å². The average molecular weight is 380 g/mol. The van der Waals surface area contributed by atoms with Crippen LogP contribution in [0, 0.1) is 10.1 Å². The fourth-order valence-corrected chi connectivity index (χ4v) is 3.13. The Kier molecular flexibility index (Phi) is 5.35. The molecule has 0 saturated carbocycles. The monoisotopic (exact) mass is 379 g/mol. The number of nitro benzene ring substituents is 1. The molecule has 0 saturated heterocycles. The zero-order chi connectivity index (χ0) is 16.1. The number of carboxylic acids is 1. The van der Waals surface area contributed by atoms with Gasteiger partial charge in [0.25, 0.3) is 5.69 Å². The third-order valence-corrected chi connectivity index (χ3v) is 4.75. The highest BCUT2D eigenvalue weighted by Crippen LogP contribution is 2.38. The number of rotatable bonds is 5. The molecule has 2 rings (SSSR count). The molecule has 0 spiro atoms. The number of carbonyl (C=O) groups is 1. The summed E-state index contributed by atoms with van der Waals surface area (Å²) < 4.78 is 0.851. The molecular formula is C15H10BrNO4S. The normalized spacial score (nSPS) is 10.8. The fourth-order valence-electron chi connectivity index (χ4n) is 1.68. The maximum Gasteiger partial charge on any atom is 0.328 e. The predicted octanol–water partition coefficient (Wildman–Crippen LogP) is 4.61. The van der Waals surface area contributed by atoms with Crippen molar-refractivity contribution in [1.29, 1.82) is 0 Å². The van der Waals surface area contributed by atoms with Gasteiger partial charge in [0.1, 0.15) is 0 Å². The van der Waals surface area contributed by atoms with E-state index in [1.807, 2.05) is 24.3 Å². The summed E-state index contributed by atoms with van der Waals surface area (Å²) in [6.45, 7) is 0. The minimum Gasteiger partial charge on any atom is -0.478 e. The lowest BCUT2D eigenvalue weighted by molar-refractivity contribution is -0.387. The molecule has 0 aromatic heterocycles. The quantitative estimate of drug-likeness (QED) is 0.466. The highest BCUT2D eigenvalue weighted by Gasteiger charge is 2.16. The Labute approximate surface area is 138 Å². The molecule has 0 aliphatic heterocycles. The van der Waals surface area contributed by atoms with Crippen LogP contribution >= 0.6 is 27.7 Å². The van der Waals surface area contributed by atoms with Gasteiger partial charge in [-0.05, 0) is 45.8 Å². The van der Waals surface area contributed by atoms with Crippen LogP contribution in [0.15, 0.2) is 62.8 Å². The van der Waals surface area contributed by atoms with Crippen molar-refractivity contribution in [3.8, 4) is 0 Å². The average Bonchev–Trinajstić information content (AvgIpc) is 2.48. The molecule has 7 heteroatoms. The van der Waals surface area contributed by atoms with Crippen LogP contribution in [0.3, 0.4) is 0 Å². The van der Waals surface area contributed by atoms with Gasteiger partial charge < -0.3 is 5.11 Å². The Morgan fingerprint density at radius 1 is 1.23 bits per heavy atom. The van der Waals surface area contributed by atoms with Gasteiger partial charge in [0, 0.05) is 21.5 Å². The van der Waals surface area contributed by atoms with E-state index >= 15 is 0 Å². The smallest absolute Gasteiger partial charge is 0.328 e. The van der Waals surface area contributed by atoms with Crippen molar-refractivity contribution < 1.29 is 14.8 Å². The molecule has 2 aromatic rings. The van der Waals surface area contributed by atoms with Gasteiger partial charge in [-0.3, -0.25) is 10.1 Å². The maximum atomic E-state index is 11.2. The maximum absolute atomic E-state index is 11.2. The van der Waals surface area contributed by atoms with E-state index in [-0.39, 0.29) is 5.69 Å². The summed E-state index contributed by atoms with van der Waals surface area (Å²) in [4.78, 5) is 22.6. The second kappa shape index (κ2) is 7.24. The minimum absolute atomic E-state index is 0.0618. The van der Waals surface area contributed by atoms with Crippen molar-refractivity contribution in [3.63, 3.8) is 0 Å². The van der Waals surface area contributed by atoms with Crippen LogP contribution in [0.4, 0.5) is 5.69 Å². The lowest BCUT2D eigenvalue weighted by Crippen LogP contribution is -1.92. The van der Waals surface area contributed by atoms with Gasteiger partial charge in [-0.25, -0.2) is 4.79 Å². The van der Waals surface area contributed by atoms with Gasteiger partial charge in [-0.15, -0.1) is 0 Å². The van der Waals surface area contributed by atoms with Crippen LogP contribution in [0.1, 0.15) is 5.56 Å². The van der Waals surface area contributed by atoms with Crippen molar-refractivity contribution in [2.24, 2.45) is 0 Å². The van der Waals surface area contributed by atoms with Crippen molar-refractivity contribution >= 4 is 45.4 Å². The molecular weight excluding hydrogens is 370 g/mol. The molecule has 5 nitrogen and oxygen atoms in total. The van der Waals surface area contributed by atoms with E-state index in [1.165, 1.54) is 23.9 Å². The highest BCUT2D eigenvalue weighted by atomic mass is 79.9. The molecule has 112 valence electrons. The molecule has 0 radical (unpaired) electrons. The molecule has 0 aliphatic rings. The second-order valence-corrected chi connectivity index (χ2v) is 6.13. The van der Waals surface area contributed by atoms with Crippen LogP contribution < -0.4 is 0 Å². The van der Waals surface area contributed by atoms with Crippen LogP contribution in [-0.2, 0) is 4.79 Å². The number of nitro groups is 1. The Morgan fingerprint density at radius 2 is 1.95 bits per heavy atom. The van der Waals surface area contributed by atoms with Crippen LogP contribution in [-0.4, -0.2) is 16.0 Å². The van der Waals surface area contributed by atoms with Gasteiger partial charge in [-0.2, -0.15) is 0 Å². The van der Waals surface area contributed by atoms with E-state index in [0.717, 1.165) is 15.4 Å². The van der Waals surface area contributed by atoms with E-state index in [2.05, 4.69) is 15.9 Å². The molecule has 22 heavy (non-hydrogen) atoms. The summed E-state index contributed by atoms with van der Waals surface area (Å²) >= 11 is 4.68. The second-order valence-electron chi connectivity index (χ2n) is 4.19. The predicted molar refractivity (Wildman–Crippen MR) is 88.0 cm³/mol. The Balaban J connectivity index is 2.37. The first-order chi connectivity index (χ1) is 10.5. The Hall–Kier alpha value is -2.12. The largest absolute Gasteiger partial charge is 0.478 e. The molecule has 0 atom stereocenters. The van der Waals surface area contributed by atoms with Gasteiger partial charge in [0.2, 0.25) is 0 Å². The van der Waals surface area contributed by atoms with E-state index in [4.69, 9.17) is 5.11 Å². The molecule has 1 N–H and O–H groups in total. The van der Waals surface area contributed by atoms with Gasteiger partial charge in [0.15, 0.2) is 0 Å². The van der Waals surface area contributed by atoms with Crippen molar-refractivity contribution in [2.75, 3.05) is 0 Å². The molecule has 2 aromatic carbocycles. The number of benzene rings is 2. The third kappa shape index (κ3) is 4.19. The number of hydrogen-bond acceptors (Lipinski definition) is 4. The zero-order valence-corrected chi connectivity index (χ0v) is 13.5. The minimum atomic E-state index is -1.10. The van der Waals surface area contributed by atoms with Crippen LogP contribution in [0.2, 0.25) is 0 Å². The van der Waals surface area contributed by atoms with Gasteiger partial charge in [-0.1, -0.05) is 30.0 Å². The summed E-state index contributed by atoms with van der Waals surface area (Å²) in [5.74, 6) is -1.10. The first-order valence-corrected chi connectivity index (χ1v) is 7.70. The molecule has 0 fully saturated rings. The van der Waals surface area contributed by atoms with Crippen molar-refractivity contribution in [2.45, 2.75) is 9.79 Å². The standard InChI is InChI=1S/C15H10BrNO4S/c16-11-3-1-2-4-13(11)22-14-7-5-10(6-8-15(18)19)9-12(14)17(20)21/h1-9H,(H,18,19)/b8-6+. The fraction of sp³-hybridized carbons (Fsp3) is 0. The summed E-state index contributed by atoms with van der Waals surface area (Å²) in [6, 6.07) is 12.0. The molecule has 0 heterocycles. The summed E-state index contributed by atoms with van der Waals surface area (Å²) in [7, 11) is 0. The number of halogens is 1. The molecule has 0 aliphatic carbocycles. The number of carboxylic acid groups (broad SMARTS) is 1. The van der Waals surface area contributed by atoms with E-state index in [1.54, 1.807) is 12.1 Å². The number of hydrogen-bond donors (Lipinski definition) is 1. The van der Waals surface area contributed by atoms with Crippen molar-refractivity contribution in [3.05, 3.63) is 68.7 Å². The Bertz CT molecular complexity index is 761. The summed E-state index contributed by atoms with van der Waals surface area (Å²) in [5, 5.41) is 19.8. The number of aliphatic carboxylic acids is 1. The van der Waals surface area contributed by atoms with E-state index < -0.39 is 10.9 Å². The molecule has 0 bridgehead atoms.